The minimum atomic E-state index is -0.498. The lowest BCUT2D eigenvalue weighted by molar-refractivity contribution is 0.273. The summed E-state index contributed by atoms with van der Waals surface area (Å²) < 4.78 is 20.5. The number of ether oxygens (including phenoxy) is 1. The summed E-state index contributed by atoms with van der Waals surface area (Å²) in [4.78, 5) is 0. The van der Waals surface area contributed by atoms with Crippen molar-refractivity contribution in [2.75, 3.05) is 30.9 Å². The van der Waals surface area contributed by atoms with Crippen molar-refractivity contribution < 1.29 is 9.13 Å². The molecule has 0 aliphatic heterocycles. The number of aromatic nitrogens is 1. The van der Waals surface area contributed by atoms with Gasteiger partial charge in [0.15, 0.2) is 0 Å². The second kappa shape index (κ2) is 10.2. The summed E-state index contributed by atoms with van der Waals surface area (Å²) in [6.45, 7) is 0.500. The van der Waals surface area contributed by atoms with Gasteiger partial charge in [-0.15, -0.1) is 0 Å². The Kier molecular flexibility index (Phi) is 6.70. The fourth-order valence-electron chi connectivity index (χ4n) is 4.80. The van der Waals surface area contributed by atoms with Crippen LogP contribution in [0, 0.1) is 0 Å². The quantitative estimate of drug-likeness (QED) is 0.252. The number of hydrogen-bond donors (Lipinski definition) is 2. The van der Waals surface area contributed by atoms with Crippen LogP contribution < -0.4 is 15.8 Å². The van der Waals surface area contributed by atoms with E-state index in [0.717, 1.165) is 65.8 Å². The highest BCUT2D eigenvalue weighted by Gasteiger charge is 2.27. The molecule has 176 valence electrons. The summed E-state index contributed by atoms with van der Waals surface area (Å²) in [7, 11) is 0. The highest BCUT2D eigenvalue weighted by Crippen LogP contribution is 2.44. The third-order valence-corrected chi connectivity index (χ3v) is 6.77. The molecule has 1 saturated carbocycles. The molecule has 1 aliphatic rings. The molecular weight excluding hydrogens is 425 g/mol. The number of alkyl halides is 1. The van der Waals surface area contributed by atoms with E-state index in [2.05, 4.69) is 64.5 Å². The maximum absolute atomic E-state index is 12.6. The molecule has 3 aromatic carbocycles. The Morgan fingerprint density at radius 3 is 2.50 bits per heavy atom. The van der Waals surface area contributed by atoms with Gasteiger partial charge in [0.1, 0.15) is 19.0 Å². The van der Waals surface area contributed by atoms with Crippen molar-refractivity contribution in [2.45, 2.75) is 38.1 Å². The number of hydrogen-bond acceptors (Lipinski definition) is 3. The average Bonchev–Trinajstić information content (AvgIpc) is 3.12. The normalized spacial score (nSPS) is 13.7. The van der Waals surface area contributed by atoms with Crippen molar-refractivity contribution in [2.24, 2.45) is 0 Å². The molecule has 5 rings (SSSR count). The van der Waals surface area contributed by atoms with Crippen molar-refractivity contribution in [3.8, 4) is 17.0 Å². The molecule has 1 heterocycles. The molecule has 1 fully saturated rings. The van der Waals surface area contributed by atoms with Gasteiger partial charge in [0, 0.05) is 35.3 Å². The van der Waals surface area contributed by atoms with Gasteiger partial charge in [-0.2, -0.15) is 0 Å². The fourth-order valence-corrected chi connectivity index (χ4v) is 4.80. The minimum Gasteiger partial charge on any atom is -0.491 e. The predicted octanol–water partition coefficient (Wildman–Crippen LogP) is 7.01. The number of aryl methyl sites for hydroxylation is 1. The summed E-state index contributed by atoms with van der Waals surface area (Å²) in [5.41, 5.74) is 13.2. The lowest BCUT2D eigenvalue weighted by Crippen LogP contribution is -2.18. The molecule has 1 aliphatic carbocycles. The number of halogens is 1. The molecule has 0 radical (unpaired) electrons. The number of anilines is 2. The minimum absolute atomic E-state index is 0.0673. The first-order valence-corrected chi connectivity index (χ1v) is 12.2. The molecule has 4 aromatic rings. The van der Waals surface area contributed by atoms with E-state index in [9.17, 15) is 4.39 Å². The van der Waals surface area contributed by atoms with E-state index >= 15 is 0 Å². The van der Waals surface area contributed by atoms with E-state index in [4.69, 9.17) is 10.5 Å². The molecule has 0 unspecified atom stereocenters. The molecule has 0 amide bonds. The van der Waals surface area contributed by atoms with Gasteiger partial charge >= 0.3 is 0 Å². The number of fused-ring (bicyclic) bond motifs is 1. The zero-order valence-corrected chi connectivity index (χ0v) is 19.5. The Labute approximate surface area is 200 Å². The summed E-state index contributed by atoms with van der Waals surface area (Å²) in [5, 5.41) is 4.56. The van der Waals surface area contributed by atoms with Crippen molar-refractivity contribution in [3.05, 3.63) is 78.4 Å². The van der Waals surface area contributed by atoms with Crippen LogP contribution >= 0.6 is 0 Å². The first-order valence-electron chi connectivity index (χ1n) is 12.2. The third kappa shape index (κ3) is 4.60. The van der Waals surface area contributed by atoms with Crippen LogP contribution in [0.2, 0.25) is 0 Å². The molecule has 0 bridgehead atoms. The zero-order chi connectivity index (χ0) is 23.3. The van der Waals surface area contributed by atoms with E-state index in [0.29, 0.717) is 11.8 Å². The van der Waals surface area contributed by atoms with Crippen LogP contribution in [-0.4, -0.2) is 24.4 Å². The third-order valence-electron chi connectivity index (χ3n) is 6.77. The molecule has 0 spiro atoms. The van der Waals surface area contributed by atoms with Gasteiger partial charge in [0.25, 0.3) is 0 Å². The summed E-state index contributed by atoms with van der Waals surface area (Å²) in [6, 6.07) is 25.5. The van der Waals surface area contributed by atoms with Crippen LogP contribution in [0.1, 0.15) is 37.3 Å². The number of nitrogens with zero attached hydrogens (tertiary/aromatic N) is 1. The van der Waals surface area contributed by atoms with Crippen molar-refractivity contribution in [3.63, 3.8) is 0 Å². The number of rotatable bonds is 10. The van der Waals surface area contributed by atoms with Crippen LogP contribution in [-0.2, 0) is 6.42 Å². The van der Waals surface area contributed by atoms with Crippen LogP contribution in [0.3, 0.4) is 0 Å². The summed E-state index contributed by atoms with van der Waals surface area (Å²) in [6.07, 6.45) is 5.68. The Hall–Kier alpha value is -3.47. The van der Waals surface area contributed by atoms with Gasteiger partial charge < -0.3 is 20.4 Å². The molecule has 1 aromatic heterocycles. The average molecular weight is 458 g/mol. The van der Waals surface area contributed by atoms with E-state index in [1.807, 2.05) is 18.2 Å². The molecule has 5 heteroatoms. The lowest BCUT2D eigenvalue weighted by Gasteiger charge is -2.30. The molecule has 0 saturated heterocycles. The van der Waals surface area contributed by atoms with Gasteiger partial charge in [-0.1, -0.05) is 42.5 Å². The first-order chi connectivity index (χ1) is 16.7. The fraction of sp³-hybridized carbons (Fsp3) is 0.310. The second-order valence-corrected chi connectivity index (χ2v) is 9.03. The highest BCUT2D eigenvalue weighted by molar-refractivity contribution is 6.01. The van der Waals surface area contributed by atoms with Crippen molar-refractivity contribution in [1.29, 1.82) is 0 Å². The number of benzene rings is 3. The van der Waals surface area contributed by atoms with E-state index in [-0.39, 0.29) is 6.61 Å². The van der Waals surface area contributed by atoms with Gasteiger partial charge in [0.2, 0.25) is 0 Å². The van der Waals surface area contributed by atoms with Crippen LogP contribution in [0.15, 0.2) is 72.8 Å². The van der Waals surface area contributed by atoms with Gasteiger partial charge in [-0.3, -0.25) is 0 Å². The smallest absolute Gasteiger partial charge is 0.123 e. The largest absolute Gasteiger partial charge is 0.491 e. The Balaban J connectivity index is 1.36. The Morgan fingerprint density at radius 2 is 1.79 bits per heavy atom. The predicted molar refractivity (Wildman–Crippen MR) is 139 cm³/mol. The standard InChI is InChI=1S/C29H32FN3O/c30-17-19-34-25-15-16-26-27(20-25)33(24-9-4-10-24)29(28(26)31)22-11-13-23(14-12-22)32-18-5-8-21-6-2-1-3-7-21/h1-3,6-7,11-16,20,24,32H,4-5,8-10,17-19,31H2. The topological polar surface area (TPSA) is 52.2 Å². The van der Waals surface area contributed by atoms with Crippen LogP contribution in [0.25, 0.3) is 22.2 Å². The summed E-state index contributed by atoms with van der Waals surface area (Å²) in [5.74, 6) is 0.685. The molecule has 0 atom stereocenters. The number of nitrogens with one attached hydrogen (secondary N) is 1. The number of nitrogen functional groups attached to an aromatic ring is 1. The van der Waals surface area contributed by atoms with Gasteiger partial charge in [-0.25, -0.2) is 4.39 Å². The molecule has 3 N–H and O–H groups in total. The molecule has 34 heavy (non-hydrogen) atoms. The van der Waals surface area contributed by atoms with E-state index < -0.39 is 6.67 Å². The van der Waals surface area contributed by atoms with E-state index in [1.54, 1.807) is 0 Å². The number of nitrogens with two attached hydrogens (primary N) is 1. The van der Waals surface area contributed by atoms with Gasteiger partial charge in [-0.05, 0) is 61.9 Å². The Bertz CT molecular complexity index is 1230. The first kappa shape index (κ1) is 22.3. The Morgan fingerprint density at radius 1 is 1.00 bits per heavy atom. The molecular formula is C29H32FN3O. The van der Waals surface area contributed by atoms with Crippen molar-refractivity contribution in [1.82, 2.24) is 4.57 Å². The summed E-state index contributed by atoms with van der Waals surface area (Å²) >= 11 is 0. The second-order valence-electron chi connectivity index (χ2n) is 9.03. The zero-order valence-electron chi connectivity index (χ0n) is 19.5. The van der Waals surface area contributed by atoms with Crippen LogP contribution in [0.4, 0.5) is 15.8 Å². The van der Waals surface area contributed by atoms with Crippen LogP contribution in [0.5, 0.6) is 5.75 Å². The van der Waals surface area contributed by atoms with E-state index in [1.165, 1.54) is 12.0 Å². The maximum atomic E-state index is 12.6. The maximum Gasteiger partial charge on any atom is 0.123 e. The van der Waals surface area contributed by atoms with Gasteiger partial charge in [0.05, 0.1) is 16.9 Å². The molecule has 4 nitrogen and oxygen atoms in total. The van der Waals surface area contributed by atoms with Crippen molar-refractivity contribution >= 4 is 22.3 Å². The highest BCUT2D eigenvalue weighted by atomic mass is 19.1. The lowest BCUT2D eigenvalue weighted by atomic mass is 9.92. The SMILES string of the molecule is Nc1c(-c2ccc(NCCCc3ccccc3)cc2)n(C2CCC2)c2cc(OCCF)ccc12. The monoisotopic (exact) mass is 457 g/mol.